The predicted molar refractivity (Wildman–Crippen MR) is 195 cm³/mol. The van der Waals surface area contributed by atoms with Crippen molar-refractivity contribution < 1.29 is 42.0 Å². The first-order valence-corrected chi connectivity index (χ1v) is 18.5. The van der Waals surface area contributed by atoms with Gasteiger partial charge in [0.15, 0.2) is 33.0 Å². The first-order valence-electron chi connectivity index (χ1n) is 16.1. The second kappa shape index (κ2) is 17.1. The number of benzene rings is 4. The van der Waals surface area contributed by atoms with Crippen molar-refractivity contribution in [1.82, 2.24) is 10.9 Å². The molecular weight excluding hydrogens is 742 g/mol. The van der Waals surface area contributed by atoms with E-state index < -0.39 is 33.1 Å². The number of amides is 1. The molecule has 1 amide bonds. The van der Waals surface area contributed by atoms with Crippen LogP contribution in [0, 0.1) is 0 Å². The van der Waals surface area contributed by atoms with Crippen LogP contribution in [0.4, 0.5) is 0 Å². The fourth-order valence-corrected chi connectivity index (χ4v) is 7.52. The largest absolute Gasteiger partial charge is 0.494 e. The van der Waals surface area contributed by atoms with Gasteiger partial charge >= 0.3 is 0 Å². The normalized spacial score (nSPS) is 16.9. The van der Waals surface area contributed by atoms with Gasteiger partial charge in [-0.1, -0.05) is 52.3 Å². The third-order valence-corrected chi connectivity index (χ3v) is 10.7. The Bertz CT molecular complexity index is 1920. The molecule has 0 unspecified atom stereocenters. The summed E-state index contributed by atoms with van der Waals surface area (Å²) in [7, 11) is 0.706. The molecule has 12 nitrogen and oxygen atoms in total. The summed E-state index contributed by atoms with van der Waals surface area (Å²) in [5.41, 5.74) is 5.90. The van der Waals surface area contributed by atoms with Crippen LogP contribution >= 0.6 is 15.9 Å². The number of hydrazine groups is 1. The highest BCUT2D eigenvalue weighted by Crippen LogP contribution is 2.45. The number of methoxy groups -OCH3 is 3. The van der Waals surface area contributed by atoms with Gasteiger partial charge in [-0.3, -0.25) is 10.2 Å². The Morgan fingerprint density at radius 1 is 0.941 bits per heavy atom. The van der Waals surface area contributed by atoms with Crippen molar-refractivity contribution in [3.05, 3.63) is 112 Å². The van der Waals surface area contributed by atoms with Crippen LogP contribution in [0.25, 0.3) is 0 Å². The molecule has 4 aromatic carbocycles. The molecule has 0 aromatic heterocycles. The minimum absolute atomic E-state index is 0.0145. The lowest BCUT2D eigenvalue weighted by Crippen LogP contribution is -2.53. The van der Waals surface area contributed by atoms with Gasteiger partial charge in [-0.05, 0) is 60.2 Å². The molecule has 0 saturated carbocycles. The van der Waals surface area contributed by atoms with E-state index in [0.29, 0.717) is 57.2 Å². The van der Waals surface area contributed by atoms with Crippen molar-refractivity contribution >= 4 is 37.6 Å². The van der Waals surface area contributed by atoms with Crippen molar-refractivity contribution in [3.8, 4) is 23.0 Å². The number of nitrogens with one attached hydrogen (secondary N) is 2. The van der Waals surface area contributed by atoms with Crippen LogP contribution in [0.3, 0.4) is 0 Å². The molecule has 5 rings (SSSR count). The number of carbonyl (C=O) groups excluding carboxylic acids is 1. The van der Waals surface area contributed by atoms with Gasteiger partial charge in [-0.25, -0.2) is 18.8 Å². The van der Waals surface area contributed by atoms with E-state index in [0.717, 1.165) is 0 Å². The van der Waals surface area contributed by atoms with Crippen molar-refractivity contribution in [2.45, 2.75) is 35.9 Å². The topological polar surface area (TPSA) is 154 Å². The highest BCUT2D eigenvalue weighted by molar-refractivity contribution is 9.10. The van der Waals surface area contributed by atoms with Crippen LogP contribution in [-0.2, 0) is 25.9 Å². The monoisotopic (exact) mass is 781 g/mol. The summed E-state index contributed by atoms with van der Waals surface area (Å²) < 4.78 is 56.5. The number of halogens is 1. The lowest BCUT2D eigenvalue weighted by molar-refractivity contribution is -0.130. The molecule has 1 aliphatic heterocycles. The standard InChI is InChI=1S/C37H40BrN3O9S/c1-46-31-22-25(23-32(47-2)33(31)48-3)24-39-41-36(43)37(18-21-51(44,45)28-10-5-4-6-11-28)34(29-12-7-8-13-30(29)38)50-35(40-37)26-14-16-27(17-15-26)49-20-9-19-42/h4-8,10-17,22-23,34,39,42H,9,18-21,24H2,1-3H3,(H,41,43)/t34-,37-/m0/s1. The van der Waals surface area contributed by atoms with Gasteiger partial charge in [0.2, 0.25) is 11.6 Å². The maximum absolute atomic E-state index is 14.5. The number of aliphatic hydroxyl groups is 1. The summed E-state index contributed by atoms with van der Waals surface area (Å²) in [5.74, 6) is 1.07. The molecule has 1 heterocycles. The molecule has 2 atom stereocenters. The van der Waals surface area contributed by atoms with Crippen molar-refractivity contribution in [3.63, 3.8) is 0 Å². The van der Waals surface area contributed by atoms with Crippen molar-refractivity contribution in [2.24, 2.45) is 4.99 Å². The van der Waals surface area contributed by atoms with Crippen LogP contribution < -0.4 is 29.8 Å². The van der Waals surface area contributed by atoms with Crippen LogP contribution in [0.5, 0.6) is 23.0 Å². The van der Waals surface area contributed by atoms with E-state index in [1.807, 2.05) is 24.3 Å². The quantitative estimate of drug-likeness (QED) is 0.0966. The summed E-state index contributed by atoms with van der Waals surface area (Å²) >= 11 is 3.61. The summed E-state index contributed by atoms with van der Waals surface area (Å²) in [5, 5.41) is 9.09. The Morgan fingerprint density at radius 2 is 1.61 bits per heavy atom. The Balaban J connectivity index is 1.52. The average Bonchev–Trinajstić information content (AvgIpc) is 3.55. The zero-order valence-corrected chi connectivity index (χ0v) is 30.8. The Morgan fingerprint density at radius 3 is 2.24 bits per heavy atom. The summed E-state index contributed by atoms with van der Waals surface area (Å²) in [4.78, 5) is 19.6. The number of rotatable bonds is 17. The zero-order valence-electron chi connectivity index (χ0n) is 28.4. The lowest BCUT2D eigenvalue weighted by Gasteiger charge is -2.31. The molecule has 0 saturated heterocycles. The van der Waals surface area contributed by atoms with Gasteiger partial charge in [-0.2, -0.15) is 0 Å². The number of carbonyl (C=O) groups is 1. The van der Waals surface area contributed by atoms with E-state index in [1.165, 1.54) is 33.5 Å². The van der Waals surface area contributed by atoms with E-state index in [4.69, 9.17) is 33.8 Å². The Hall–Kier alpha value is -4.63. The first-order chi connectivity index (χ1) is 24.6. The number of hydrogen-bond acceptors (Lipinski definition) is 11. The SMILES string of the molecule is COc1cc(CNNC(=O)[C@@]2(CCS(=O)(=O)c3ccccc3)N=C(c3ccc(OCCCO)cc3)O[C@H]2c2ccccc2Br)cc(OC)c1OC. The number of aliphatic hydroxyl groups excluding tert-OH is 1. The van der Waals surface area contributed by atoms with Crippen LogP contribution in [0.2, 0.25) is 0 Å². The molecule has 1 aliphatic rings. The van der Waals surface area contributed by atoms with Gasteiger partial charge in [-0.15, -0.1) is 0 Å². The van der Waals surface area contributed by atoms with Crippen LogP contribution in [0.15, 0.2) is 105 Å². The number of ether oxygens (including phenoxy) is 5. The third-order valence-electron chi connectivity index (χ3n) is 8.29. The van der Waals surface area contributed by atoms with Crippen LogP contribution in [-0.4, -0.2) is 71.2 Å². The second-order valence-corrected chi connectivity index (χ2v) is 14.5. The maximum Gasteiger partial charge on any atom is 0.266 e. The Kier molecular flexibility index (Phi) is 12.6. The third kappa shape index (κ3) is 8.64. The summed E-state index contributed by atoms with van der Waals surface area (Å²) in [6.07, 6.45) is -0.736. The maximum atomic E-state index is 14.5. The molecule has 0 spiro atoms. The van der Waals surface area contributed by atoms with E-state index >= 15 is 0 Å². The van der Waals surface area contributed by atoms with E-state index in [1.54, 1.807) is 54.6 Å². The van der Waals surface area contributed by atoms with Crippen molar-refractivity contribution in [1.29, 1.82) is 0 Å². The molecule has 51 heavy (non-hydrogen) atoms. The molecule has 3 N–H and O–H groups in total. The number of aliphatic imine (C=N–C) groups is 1. The molecular formula is C37H40BrN3O9S. The van der Waals surface area contributed by atoms with Gasteiger partial charge in [0.1, 0.15) is 5.75 Å². The van der Waals surface area contributed by atoms with E-state index in [-0.39, 0.29) is 30.4 Å². The molecule has 0 radical (unpaired) electrons. The van der Waals surface area contributed by atoms with Gasteiger partial charge in [0.25, 0.3) is 5.91 Å². The molecule has 0 aliphatic carbocycles. The summed E-state index contributed by atoms with van der Waals surface area (Å²) in [6, 6.07) is 25.8. The first kappa shape index (κ1) is 37.6. The minimum Gasteiger partial charge on any atom is -0.494 e. The average molecular weight is 783 g/mol. The van der Waals surface area contributed by atoms with Gasteiger partial charge in [0, 0.05) is 41.6 Å². The molecule has 14 heteroatoms. The highest BCUT2D eigenvalue weighted by Gasteiger charge is 2.54. The van der Waals surface area contributed by atoms with Crippen molar-refractivity contribution in [2.75, 3.05) is 40.3 Å². The van der Waals surface area contributed by atoms with Gasteiger partial charge in [0.05, 0.1) is 38.6 Å². The highest BCUT2D eigenvalue weighted by atomic mass is 79.9. The molecule has 0 bridgehead atoms. The fraction of sp³-hybridized carbons (Fsp3) is 0.297. The predicted octanol–water partition coefficient (Wildman–Crippen LogP) is 5.18. The molecule has 4 aromatic rings. The second-order valence-electron chi connectivity index (χ2n) is 11.5. The summed E-state index contributed by atoms with van der Waals surface area (Å²) in [6.45, 7) is 0.510. The van der Waals surface area contributed by atoms with Crippen LogP contribution in [0.1, 0.15) is 35.6 Å². The molecule has 270 valence electrons. The number of sulfone groups is 1. The van der Waals surface area contributed by atoms with E-state index in [9.17, 15) is 13.2 Å². The molecule has 0 fully saturated rings. The lowest BCUT2D eigenvalue weighted by atomic mass is 9.85. The fourth-order valence-electron chi connectivity index (χ4n) is 5.64. The smallest absolute Gasteiger partial charge is 0.266 e. The number of nitrogens with zero attached hydrogens (tertiary/aromatic N) is 1. The van der Waals surface area contributed by atoms with Gasteiger partial charge < -0.3 is 28.8 Å². The number of hydrogen-bond donors (Lipinski definition) is 3. The Labute approximate surface area is 305 Å². The van der Waals surface area contributed by atoms with E-state index in [2.05, 4.69) is 26.8 Å². The minimum atomic E-state index is -3.83. The zero-order chi connectivity index (χ0) is 36.4.